The molecule has 2 N–H and O–H groups in total. The molecular weight excluding hydrogens is 216 g/mol. The number of likely N-dealkylation sites (N-methyl/N-ethyl adjacent to an activating group) is 1. The largest absolute Gasteiger partial charge is 0.347 e. The van der Waals surface area contributed by atoms with E-state index in [2.05, 4.69) is 27.1 Å². The molecule has 0 bridgehead atoms. The first-order valence-electron chi connectivity index (χ1n) is 6.21. The van der Waals surface area contributed by atoms with Crippen LogP contribution in [0.2, 0.25) is 0 Å². The summed E-state index contributed by atoms with van der Waals surface area (Å²) in [6.07, 6.45) is 6.68. The van der Waals surface area contributed by atoms with Crippen molar-refractivity contribution in [2.75, 3.05) is 18.5 Å². The van der Waals surface area contributed by atoms with Gasteiger partial charge in [0.25, 0.3) is 5.56 Å². The Bertz CT molecular complexity index is 417. The van der Waals surface area contributed by atoms with Gasteiger partial charge in [-0.2, -0.15) is 0 Å². The van der Waals surface area contributed by atoms with Crippen molar-refractivity contribution in [2.45, 2.75) is 38.3 Å². The molecule has 2 unspecified atom stereocenters. The second-order valence-corrected chi connectivity index (χ2v) is 4.58. The standard InChI is InChI=1S/C12H20N4O/c1-9(13-2)10-5-3-4-8-16(10)11-12(17)15-7-6-14-11/h6-7,9-10,13H,3-5,8H2,1-2H3,(H,15,17). The Morgan fingerprint density at radius 3 is 3.12 bits per heavy atom. The highest BCUT2D eigenvalue weighted by Gasteiger charge is 2.28. The van der Waals surface area contributed by atoms with Gasteiger partial charge in [0.15, 0.2) is 5.82 Å². The number of H-pyrrole nitrogens is 1. The monoisotopic (exact) mass is 236 g/mol. The molecule has 0 aromatic carbocycles. The quantitative estimate of drug-likeness (QED) is 0.812. The Balaban J connectivity index is 2.28. The first-order valence-corrected chi connectivity index (χ1v) is 6.21. The minimum absolute atomic E-state index is 0.0947. The summed E-state index contributed by atoms with van der Waals surface area (Å²) in [6, 6.07) is 0.710. The summed E-state index contributed by atoms with van der Waals surface area (Å²) in [5.41, 5.74) is -0.0947. The zero-order valence-electron chi connectivity index (χ0n) is 10.4. The predicted molar refractivity (Wildman–Crippen MR) is 68.4 cm³/mol. The molecule has 5 nitrogen and oxygen atoms in total. The van der Waals surface area contributed by atoms with Crippen LogP contribution in [0.15, 0.2) is 17.2 Å². The van der Waals surface area contributed by atoms with Crippen LogP contribution < -0.4 is 15.8 Å². The van der Waals surface area contributed by atoms with E-state index in [1.165, 1.54) is 6.42 Å². The van der Waals surface area contributed by atoms with E-state index >= 15 is 0 Å². The minimum Gasteiger partial charge on any atom is -0.347 e. The average Bonchev–Trinajstić information content (AvgIpc) is 2.38. The number of aromatic amines is 1. The number of anilines is 1. The van der Waals surface area contributed by atoms with Crippen molar-refractivity contribution in [2.24, 2.45) is 0 Å². The molecule has 1 aromatic rings. The molecule has 1 fully saturated rings. The highest BCUT2D eigenvalue weighted by atomic mass is 16.1. The maximum atomic E-state index is 11.8. The fraction of sp³-hybridized carbons (Fsp3) is 0.667. The van der Waals surface area contributed by atoms with Crippen LogP contribution in [0.3, 0.4) is 0 Å². The first-order chi connectivity index (χ1) is 8.24. The van der Waals surface area contributed by atoms with E-state index in [-0.39, 0.29) is 5.56 Å². The van der Waals surface area contributed by atoms with E-state index in [1.54, 1.807) is 12.4 Å². The maximum Gasteiger partial charge on any atom is 0.290 e. The van der Waals surface area contributed by atoms with E-state index in [9.17, 15) is 4.79 Å². The third kappa shape index (κ3) is 2.49. The molecule has 0 spiro atoms. The summed E-state index contributed by atoms with van der Waals surface area (Å²) < 4.78 is 0. The van der Waals surface area contributed by atoms with Gasteiger partial charge >= 0.3 is 0 Å². The van der Waals surface area contributed by atoms with Crippen molar-refractivity contribution in [3.05, 3.63) is 22.7 Å². The maximum absolute atomic E-state index is 11.8. The van der Waals surface area contributed by atoms with Crippen molar-refractivity contribution in [1.82, 2.24) is 15.3 Å². The molecule has 94 valence electrons. The first kappa shape index (κ1) is 12.1. The number of hydrogen-bond donors (Lipinski definition) is 2. The molecule has 1 saturated heterocycles. The minimum atomic E-state index is -0.0947. The Kier molecular flexibility index (Phi) is 3.78. The van der Waals surface area contributed by atoms with Crippen molar-refractivity contribution in [1.29, 1.82) is 0 Å². The van der Waals surface area contributed by atoms with Crippen LogP contribution in [0.5, 0.6) is 0 Å². The van der Waals surface area contributed by atoms with E-state index < -0.39 is 0 Å². The smallest absolute Gasteiger partial charge is 0.290 e. The summed E-state index contributed by atoms with van der Waals surface area (Å²) in [4.78, 5) is 20.9. The number of rotatable bonds is 3. The molecule has 0 saturated carbocycles. The predicted octanol–water partition coefficient (Wildman–Crippen LogP) is 0.737. The Labute approximate surface area is 101 Å². The summed E-state index contributed by atoms with van der Waals surface area (Å²) in [5, 5.41) is 3.27. The van der Waals surface area contributed by atoms with Crippen molar-refractivity contribution < 1.29 is 0 Å². The van der Waals surface area contributed by atoms with Gasteiger partial charge in [-0.1, -0.05) is 0 Å². The van der Waals surface area contributed by atoms with Crippen molar-refractivity contribution in [3.8, 4) is 0 Å². The van der Waals surface area contributed by atoms with Gasteiger partial charge in [0, 0.05) is 31.0 Å². The lowest BCUT2D eigenvalue weighted by Gasteiger charge is -2.39. The molecule has 17 heavy (non-hydrogen) atoms. The van der Waals surface area contributed by atoms with E-state index in [0.29, 0.717) is 17.9 Å². The number of nitrogens with zero attached hydrogens (tertiary/aromatic N) is 2. The van der Waals surface area contributed by atoms with Crippen LogP contribution in [0, 0.1) is 0 Å². The van der Waals surface area contributed by atoms with Crippen molar-refractivity contribution >= 4 is 5.82 Å². The van der Waals surface area contributed by atoms with Crippen LogP contribution in [0.4, 0.5) is 5.82 Å². The van der Waals surface area contributed by atoms with Gasteiger partial charge < -0.3 is 15.2 Å². The topological polar surface area (TPSA) is 61.0 Å². The third-order valence-electron chi connectivity index (χ3n) is 3.54. The lowest BCUT2D eigenvalue weighted by Crippen LogP contribution is -2.52. The number of nitrogens with one attached hydrogen (secondary N) is 2. The van der Waals surface area contributed by atoms with Gasteiger partial charge in [-0.15, -0.1) is 0 Å². The number of hydrogen-bond acceptors (Lipinski definition) is 4. The van der Waals surface area contributed by atoms with E-state index in [1.807, 2.05) is 7.05 Å². The van der Waals surface area contributed by atoms with Crippen LogP contribution >= 0.6 is 0 Å². The Hall–Kier alpha value is -1.36. The molecule has 1 aliphatic heterocycles. The lowest BCUT2D eigenvalue weighted by molar-refractivity contribution is 0.379. The average molecular weight is 236 g/mol. The summed E-state index contributed by atoms with van der Waals surface area (Å²) in [5.74, 6) is 0.555. The molecule has 0 amide bonds. The second kappa shape index (κ2) is 5.31. The van der Waals surface area contributed by atoms with Crippen LogP contribution in [0.25, 0.3) is 0 Å². The summed E-state index contributed by atoms with van der Waals surface area (Å²) >= 11 is 0. The molecule has 2 atom stereocenters. The number of piperidine rings is 1. The third-order valence-corrected chi connectivity index (χ3v) is 3.54. The molecular formula is C12H20N4O. The molecule has 2 heterocycles. The van der Waals surface area contributed by atoms with E-state index in [4.69, 9.17) is 0 Å². The van der Waals surface area contributed by atoms with Crippen LogP contribution in [-0.4, -0.2) is 35.6 Å². The highest BCUT2D eigenvalue weighted by molar-refractivity contribution is 5.38. The number of aromatic nitrogens is 2. The van der Waals surface area contributed by atoms with Crippen LogP contribution in [-0.2, 0) is 0 Å². The SMILES string of the molecule is CNC(C)C1CCCCN1c1ncc[nH]c1=O. The lowest BCUT2D eigenvalue weighted by atomic mass is 9.96. The van der Waals surface area contributed by atoms with Gasteiger partial charge in [-0.05, 0) is 33.2 Å². The molecule has 1 aromatic heterocycles. The van der Waals surface area contributed by atoms with Gasteiger partial charge in [0.05, 0.1) is 0 Å². The van der Waals surface area contributed by atoms with E-state index in [0.717, 1.165) is 19.4 Å². The molecule has 0 aliphatic carbocycles. The van der Waals surface area contributed by atoms with Gasteiger partial charge in [-0.3, -0.25) is 4.79 Å². The Morgan fingerprint density at radius 2 is 2.41 bits per heavy atom. The molecule has 2 rings (SSSR count). The second-order valence-electron chi connectivity index (χ2n) is 4.58. The van der Waals surface area contributed by atoms with Gasteiger partial charge in [0.2, 0.25) is 0 Å². The van der Waals surface area contributed by atoms with Crippen LogP contribution in [0.1, 0.15) is 26.2 Å². The fourth-order valence-electron chi connectivity index (χ4n) is 2.48. The molecule has 1 aliphatic rings. The fourth-order valence-corrected chi connectivity index (χ4v) is 2.48. The van der Waals surface area contributed by atoms with Gasteiger partial charge in [-0.25, -0.2) is 4.98 Å². The summed E-state index contributed by atoms with van der Waals surface area (Å²) in [7, 11) is 1.96. The zero-order valence-corrected chi connectivity index (χ0v) is 10.4. The summed E-state index contributed by atoms with van der Waals surface area (Å²) in [6.45, 7) is 3.07. The van der Waals surface area contributed by atoms with Gasteiger partial charge in [0.1, 0.15) is 0 Å². The zero-order chi connectivity index (χ0) is 12.3. The highest BCUT2D eigenvalue weighted by Crippen LogP contribution is 2.22. The Morgan fingerprint density at radius 1 is 1.59 bits per heavy atom. The molecule has 0 radical (unpaired) electrons. The molecule has 5 heteroatoms. The van der Waals surface area contributed by atoms with Crippen molar-refractivity contribution in [3.63, 3.8) is 0 Å². The normalized spacial score (nSPS) is 22.5.